The van der Waals surface area contributed by atoms with Gasteiger partial charge in [0.15, 0.2) is 0 Å². The van der Waals surface area contributed by atoms with E-state index in [4.69, 9.17) is 0 Å². The molecule has 2 amide bonds. The number of nitrogens with one attached hydrogen (secondary N) is 2. The summed E-state index contributed by atoms with van der Waals surface area (Å²) in [6.45, 7) is 1.42. The summed E-state index contributed by atoms with van der Waals surface area (Å²) < 4.78 is 0. The maximum Gasteiger partial charge on any atom is 0.308 e. The molecule has 0 aliphatic heterocycles. The van der Waals surface area contributed by atoms with E-state index in [2.05, 4.69) is 10.6 Å². The molecule has 3 atom stereocenters. The lowest BCUT2D eigenvalue weighted by Gasteiger charge is -2.28. The van der Waals surface area contributed by atoms with Gasteiger partial charge in [-0.1, -0.05) is 56.0 Å². The van der Waals surface area contributed by atoms with Crippen molar-refractivity contribution in [1.82, 2.24) is 10.6 Å². The van der Waals surface area contributed by atoms with Crippen LogP contribution in [0.1, 0.15) is 63.5 Å². The Morgan fingerprint density at radius 3 is 2.35 bits per heavy atom. The van der Waals surface area contributed by atoms with Crippen LogP contribution in [0.25, 0.3) is 0 Å². The van der Waals surface area contributed by atoms with E-state index in [1.807, 2.05) is 30.3 Å². The number of amides is 2. The molecule has 1 saturated carbocycles. The second-order valence-electron chi connectivity index (χ2n) is 6.98. The molecule has 2 rings (SSSR count). The quantitative estimate of drug-likeness (QED) is 0.727. The number of hydrogen-bond donors (Lipinski definition) is 3. The van der Waals surface area contributed by atoms with E-state index in [1.165, 1.54) is 6.92 Å². The molecule has 0 radical (unpaired) electrons. The van der Waals surface area contributed by atoms with Crippen molar-refractivity contribution in [2.75, 3.05) is 0 Å². The van der Waals surface area contributed by atoms with E-state index < -0.39 is 17.9 Å². The number of carboxylic acid groups (broad SMARTS) is 1. The maximum absolute atomic E-state index is 12.6. The second-order valence-corrected chi connectivity index (χ2v) is 6.98. The molecule has 26 heavy (non-hydrogen) atoms. The van der Waals surface area contributed by atoms with Gasteiger partial charge in [0, 0.05) is 13.0 Å². The predicted octanol–water partition coefficient (Wildman–Crippen LogP) is 2.79. The van der Waals surface area contributed by atoms with E-state index in [9.17, 15) is 19.5 Å². The minimum Gasteiger partial charge on any atom is -0.481 e. The van der Waals surface area contributed by atoms with Crippen molar-refractivity contribution in [1.29, 1.82) is 0 Å². The third-order valence-corrected chi connectivity index (χ3v) is 4.90. The van der Waals surface area contributed by atoms with Gasteiger partial charge >= 0.3 is 5.97 Å². The van der Waals surface area contributed by atoms with Crippen molar-refractivity contribution in [2.24, 2.45) is 5.92 Å². The van der Waals surface area contributed by atoms with Crippen LogP contribution in [0.5, 0.6) is 0 Å². The molecule has 3 N–H and O–H groups in total. The summed E-state index contributed by atoms with van der Waals surface area (Å²) in [6, 6.07) is 8.54. The summed E-state index contributed by atoms with van der Waals surface area (Å²) in [7, 11) is 0. The molecule has 0 heterocycles. The molecular formula is C20H28N2O4. The molecule has 1 aliphatic rings. The van der Waals surface area contributed by atoms with Crippen molar-refractivity contribution in [3.05, 3.63) is 35.9 Å². The Morgan fingerprint density at radius 1 is 1.08 bits per heavy atom. The highest BCUT2D eigenvalue weighted by molar-refractivity contribution is 5.80. The van der Waals surface area contributed by atoms with Crippen LogP contribution in [0.3, 0.4) is 0 Å². The summed E-state index contributed by atoms with van der Waals surface area (Å²) in [5, 5.41) is 15.2. The number of hydrogen-bond acceptors (Lipinski definition) is 3. The van der Waals surface area contributed by atoms with Crippen LogP contribution >= 0.6 is 0 Å². The number of carbonyl (C=O) groups excluding carboxylic acids is 2. The summed E-state index contributed by atoms with van der Waals surface area (Å²) in [5.74, 6) is -1.83. The van der Waals surface area contributed by atoms with Gasteiger partial charge in [-0.3, -0.25) is 14.4 Å². The van der Waals surface area contributed by atoms with Crippen LogP contribution in [-0.2, 0) is 14.4 Å². The molecule has 3 unspecified atom stereocenters. The molecule has 1 aromatic rings. The molecule has 0 saturated heterocycles. The zero-order valence-electron chi connectivity index (χ0n) is 15.2. The molecule has 0 bridgehead atoms. The Balaban J connectivity index is 2.05. The fourth-order valence-corrected chi connectivity index (χ4v) is 3.59. The van der Waals surface area contributed by atoms with E-state index in [-0.39, 0.29) is 24.3 Å². The minimum absolute atomic E-state index is 0.0897. The third kappa shape index (κ3) is 6.17. The molecule has 0 spiro atoms. The first-order valence-corrected chi connectivity index (χ1v) is 9.31. The third-order valence-electron chi connectivity index (χ3n) is 4.90. The van der Waals surface area contributed by atoms with Gasteiger partial charge in [-0.2, -0.15) is 0 Å². The Bertz CT molecular complexity index is 617. The average molecular weight is 360 g/mol. The van der Waals surface area contributed by atoms with Gasteiger partial charge in [-0.05, 0) is 18.4 Å². The molecule has 1 fully saturated rings. The fourth-order valence-electron chi connectivity index (χ4n) is 3.59. The zero-order valence-corrected chi connectivity index (χ0v) is 15.2. The molecule has 6 nitrogen and oxygen atoms in total. The minimum atomic E-state index is -0.848. The van der Waals surface area contributed by atoms with Crippen LogP contribution in [0.4, 0.5) is 0 Å². The van der Waals surface area contributed by atoms with Crippen molar-refractivity contribution in [3.8, 4) is 0 Å². The van der Waals surface area contributed by atoms with Crippen molar-refractivity contribution >= 4 is 17.8 Å². The molecule has 6 heteroatoms. The number of rotatable bonds is 6. The van der Waals surface area contributed by atoms with Gasteiger partial charge in [0.25, 0.3) is 0 Å². The van der Waals surface area contributed by atoms with Crippen molar-refractivity contribution in [3.63, 3.8) is 0 Å². The van der Waals surface area contributed by atoms with Crippen LogP contribution < -0.4 is 10.6 Å². The molecule has 0 aromatic heterocycles. The summed E-state index contributed by atoms with van der Waals surface area (Å²) >= 11 is 0. The largest absolute Gasteiger partial charge is 0.481 e. The Morgan fingerprint density at radius 2 is 1.73 bits per heavy atom. The van der Waals surface area contributed by atoms with Crippen molar-refractivity contribution < 1.29 is 19.5 Å². The SMILES string of the molecule is CC(=O)NC(CC(=O)NC1CCCCCCC1C(=O)O)c1ccccc1. The topological polar surface area (TPSA) is 95.5 Å². The lowest BCUT2D eigenvalue weighted by Crippen LogP contribution is -2.45. The standard InChI is InChI=1S/C20H28N2O4/c1-14(23)21-18(15-9-5-4-6-10-15)13-19(24)22-17-12-8-3-2-7-11-16(17)20(25)26/h4-6,9-10,16-18H,2-3,7-8,11-13H2,1H3,(H,21,23)(H,22,24)(H,25,26). The Hall–Kier alpha value is -2.37. The Kier molecular flexibility index (Phi) is 7.63. The predicted molar refractivity (Wildman–Crippen MR) is 98.4 cm³/mol. The van der Waals surface area contributed by atoms with Crippen LogP contribution in [0.2, 0.25) is 0 Å². The highest BCUT2D eigenvalue weighted by atomic mass is 16.4. The van der Waals surface area contributed by atoms with Crippen molar-refractivity contribution in [2.45, 2.75) is 64.0 Å². The fraction of sp³-hybridized carbons (Fsp3) is 0.550. The molecule has 1 aliphatic carbocycles. The number of aliphatic carboxylic acids is 1. The van der Waals surface area contributed by atoms with Crippen LogP contribution in [0.15, 0.2) is 30.3 Å². The first-order valence-electron chi connectivity index (χ1n) is 9.31. The van der Waals surface area contributed by atoms with Gasteiger partial charge in [-0.15, -0.1) is 0 Å². The monoisotopic (exact) mass is 360 g/mol. The highest BCUT2D eigenvalue weighted by Crippen LogP contribution is 2.24. The normalized spacial score (nSPS) is 21.7. The number of benzene rings is 1. The van der Waals surface area contributed by atoms with Gasteiger partial charge in [0.2, 0.25) is 11.8 Å². The molecular weight excluding hydrogens is 332 g/mol. The smallest absolute Gasteiger partial charge is 0.308 e. The first kappa shape index (κ1) is 19.9. The summed E-state index contributed by atoms with van der Waals surface area (Å²) in [6.07, 6.45) is 5.27. The molecule has 142 valence electrons. The lowest BCUT2D eigenvalue weighted by molar-refractivity contribution is -0.143. The van der Waals surface area contributed by atoms with Gasteiger partial charge < -0.3 is 15.7 Å². The van der Waals surface area contributed by atoms with E-state index in [0.717, 1.165) is 31.2 Å². The average Bonchev–Trinajstić information content (AvgIpc) is 2.57. The van der Waals surface area contributed by atoms with E-state index >= 15 is 0 Å². The zero-order chi connectivity index (χ0) is 18.9. The highest BCUT2D eigenvalue weighted by Gasteiger charge is 2.30. The Labute approximate surface area is 154 Å². The number of carbonyl (C=O) groups is 3. The summed E-state index contributed by atoms with van der Waals surface area (Å²) in [5.41, 5.74) is 0.852. The van der Waals surface area contributed by atoms with E-state index in [1.54, 1.807) is 0 Å². The molecule has 1 aromatic carbocycles. The van der Waals surface area contributed by atoms with E-state index in [0.29, 0.717) is 12.8 Å². The summed E-state index contributed by atoms with van der Waals surface area (Å²) in [4.78, 5) is 35.7. The first-order chi connectivity index (χ1) is 12.5. The maximum atomic E-state index is 12.6. The van der Waals surface area contributed by atoms with Gasteiger partial charge in [0.05, 0.1) is 18.4 Å². The van der Waals surface area contributed by atoms with Crippen LogP contribution in [-0.4, -0.2) is 28.9 Å². The lowest BCUT2D eigenvalue weighted by atomic mass is 9.86. The van der Waals surface area contributed by atoms with Gasteiger partial charge in [0.1, 0.15) is 0 Å². The van der Waals surface area contributed by atoms with Gasteiger partial charge in [-0.25, -0.2) is 0 Å². The number of carboxylic acids is 1. The van der Waals surface area contributed by atoms with Crippen LogP contribution in [0, 0.1) is 5.92 Å². The second kappa shape index (κ2) is 9.94.